The van der Waals surface area contributed by atoms with Crippen LogP contribution in [0.3, 0.4) is 0 Å². The van der Waals surface area contributed by atoms with Gasteiger partial charge in [-0.15, -0.1) is 0 Å². The first-order valence-corrected chi connectivity index (χ1v) is 6.02. The van der Waals surface area contributed by atoms with Gasteiger partial charge in [-0.25, -0.2) is 4.39 Å². The van der Waals surface area contributed by atoms with Crippen LogP contribution < -0.4 is 5.73 Å². The lowest BCUT2D eigenvalue weighted by Gasteiger charge is -2.15. The van der Waals surface area contributed by atoms with Gasteiger partial charge in [-0.1, -0.05) is 11.6 Å². The van der Waals surface area contributed by atoms with Crippen LogP contribution in [-0.4, -0.2) is 6.04 Å². The first-order chi connectivity index (χ1) is 8.07. The highest BCUT2D eigenvalue weighted by atomic mass is 19.1. The second-order valence-corrected chi connectivity index (χ2v) is 5.12. The molecule has 1 fully saturated rings. The number of aryl methyl sites for hydroxylation is 1. The van der Waals surface area contributed by atoms with Gasteiger partial charge in [0.2, 0.25) is 0 Å². The van der Waals surface area contributed by atoms with Crippen LogP contribution in [0.1, 0.15) is 30.6 Å². The zero-order chi connectivity index (χ0) is 12.0. The van der Waals surface area contributed by atoms with E-state index in [9.17, 15) is 4.39 Å². The minimum atomic E-state index is -1.37. The van der Waals surface area contributed by atoms with E-state index in [2.05, 4.69) is 0 Å². The fraction of sp³-hybridized carbons (Fsp3) is 0.429. The summed E-state index contributed by atoms with van der Waals surface area (Å²) in [7, 11) is 0. The van der Waals surface area contributed by atoms with Crippen molar-refractivity contribution in [3.63, 3.8) is 0 Å². The predicted molar refractivity (Wildman–Crippen MR) is 65.6 cm³/mol. The molecule has 1 aromatic carbocycles. The smallest absolute Gasteiger partial charge is 0.169 e. The number of halogens is 1. The first kappa shape index (κ1) is 10.8. The van der Waals surface area contributed by atoms with E-state index in [4.69, 9.17) is 10.2 Å². The zero-order valence-corrected chi connectivity index (χ0v) is 9.87. The maximum atomic E-state index is 14.7. The molecule has 1 aliphatic rings. The van der Waals surface area contributed by atoms with Crippen LogP contribution >= 0.6 is 0 Å². The van der Waals surface area contributed by atoms with Crippen molar-refractivity contribution in [2.24, 2.45) is 5.73 Å². The van der Waals surface area contributed by atoms with E-state index in [-0.39, 0.29) is 6.04 Å². The largest absolute Gasteiger partial charge is 0.458 e. The van der Waals surface area contributed by atoms with E-state index in [1.807, 2.05) is 31.2 Å². The molecular weight excluding hydrogens is 217 g/mol. The standard InChI is InChI=1S/C14H16FNO/c1-9-2-3-12-10(6-9)7-13(17-12)14(15)5-4-11(16)8-14/h2-3,6-7,11H,4-5,8,16H2,1H3. The molecule has 0 saturated heterocycles. The Hall–Kier alpha value is -1.35. The SMILES string of the molecule is Cc1ccc2oc(C3(F)CCC(N)C3)cc2c1. The van der Waals surface area contributed by atoms with Crippen LogP contribution in [0.4, 0.5) is 4.39 Å². The molecule has 90 valence electrons. The highest BCUT2D eigenvalue weighted by Gasteiger charge is 2.42. The average molecular weight is 233 g/mol. The molecule has 2 N–H and O–H groups in total. The third-order valence-electron chi connectivity index (χ3n) is 3.61. The molecule has 2 aromatic rings. The average Bonchev–Trinajstić information content (AvgIpc) is 2.83. The summed E-state index contributed by atoms with van der Waals surface area (Å²) in [6, 6.07) is 7.66. The van der Waals surface area contributed by atoms with Gasteiger partial charge in [0.15, 0.2) is 5.67 Å². The molecule has 0 radical (unpaired) electrons. The number of hydrogen-bond acceptors (Lipinski definition) is 2. The molecule has 2 nitrogen and oxygen atoms in total. The monoisotopic (exact) mass is 233 g/mol. The highest BCUT2D eigenvalue weighted by molar-refractivity contribution is 5.78. The topological polar surface area (TPSA) is 39.2 Å². The number of furan rings is 1. The summed E-state index contributed by atoms with van der Waals surface area (Å²) in [5, 5.41) is 0.970. The Morgan fingerprint density at radius 2 is 2.24 bits per heavy atom. The molecule has 17 heavy (non-hydrogen) atoms. The van der Waals surface area contributed by atoms with Crippen LogP contribution in [0.5, 0.6) is 0 Å². The van der Waals surface area contributed by atoms with Crippen LogP contribution in [0.15, 0.2) is 28.7 Å². The summed E-state index contributed by atoms with van der Waals surface area (Å²) < 4.78 is 20.3. The van der Waals surface area contributed by atoms with Crippen LogP contribution in [0.25, 0.3) is 11.0 Å². The van der Waals surface area contributed by atoms with E-state index in [0.717, 1.165) is 23.0 Å². The van der Waals surface area contributed by atoms with Crippen LogP contribution in [0, 0.1) is 6.92 Å². The highest BCUT2D eigenvalue weighted by Crippen LogP contribution is 2.43. The van der Waals surface area contributed by atoms with Gasteiger partial charge < -0.3 is 10.2 Å². The van der Waals surface area contributed by atoms with Crippen LogP contribution in [-0.2, 0) is 5.67 Å². The minimum absolute atomic E-state index is 0.0463. The number of rotatable bonds is 1. The van der Waals surface area contributed by atoms with Gasteiger partial charge in [0, 0.05) is 17.8 Å². The molecule has 0 spiro atoms. The van der Waals surface area contributed by atoms with Crippen molar-refractivity contribution in [2.45, 2.75) is 37.9 Å². The molecule has 1 aliphatic carbocycles. The van der Waals surface area contributed by atoms with Crippen molar-refractivity contribution in [3.8, 4) is 0 Å². The fourth-order valence-corrected chi connectivity index (χ4v) is 2.64. The van der Waals surface area contributed by atoms with Gasteiger partial charge >= 0.3 is 0 Å². The molecule has 3 rings (SSSR count). The summed E-state index contributed by atoms with van der Waals surface area (Å²) in [4.78, 5) is 0. The number of nitrogens with two attached hydrogens (primary N) is 1. The molecule has 0 amide bonds. The predicted octanol–water partition coefficient (Wildman–Crippen LogP) is 3.42. The molecule has 2 unspecified atom stereocenters. The summed E-state index contributed by atoms with van der Waals surface area (Å²) in [6.07, 6.45) is 1.56. The number of benzene rings is 1. The van der Waals surface area contributed by atoms with Crippen LogP contribution in [0.2, 0.25) is 0 Å². The lowest BCUT2D eigenvalue weighted by molar-refractivity contribution is 0.139. The van der Waals surface area contributed by atoms with E-state index in [0.29, 0.717) is 18.6 Å². The second-order valence-electron chi connectivity index (χ2n) is 5.12. The Balaban J connectivity index is 2.06. The Morgan fingerprint density at radius 1 is 1.41 bits per heavy atom. The fourth-order valence-electron chi connectivity index (χ4n) is 2.64. The first-order valence-electron chi connectivity index (χ1n) is 6.02. The number of alkyl halides is 1. The van der Waals surface area contributed by atoms with Crippen molar-refractivity contribution in [1.29, 1.82) is 0 Å². The third-order valence-corrected chi connectivity index (χ3v) is 3.61. The van der Waals surface area contributed by atoms with E-state index >= 15 is 0 Å². The minimum Gasteiger partial charge on any atom is -0.458 e. The molecule has 1 saturated carbocycles. The summed E-state index contributed by atoms with van der Waals surface area (Å²) in [6.45, 7) is 2.02. The van der Waals surface area contributed by atoms with Crippen molar-refractivity contribution in [2.75, 3.05) is 0 Å². The van der Waals surface area contributed by atoms with Gasteiger partial charge in [0.1, 0.15) is 11.3 Å². The molecule has 1 heterocycles. The van der Waals surface area contributed by atoms with Crippen molar-refractivity contribution >= 4 is 11.0 Å². The van der Waals surface area contributed by atoms with E-state index in [1.54, 1.807) is 0 Å². The Morgan fingerprint density at radius 3 is 2.94 bits per heavy atom. The van der Waals surface area contributed by atoms with Crippen molar-refractivity contribution in [3.05, 3.63) is 35.6 Å². The Kier molecular flexibility index (Phi) is 2.26. The molecule has 0 bridgehead atoms. The Labute approximate surface area is 99.6 Å². The molecule has 3 heteroatoms. The molecule has 0 aliphatic heterocycles. The maximum absolute atomic E-state index is 14.7. The third kappa shape index (κ3) is 1.75. The molecule has 1 aromatic heterocycles. The normalized spacial score (nSPS) is 29.0. The molecule has 2 atom stereocenters. The Bertz CT molecular complexity index is 562. The summed E-state index contributed by atoms with van der Waals surface area (Å²) in [5.41, 5.74) is 6.32. The van der Waals surface area contributed by atoms with Crippen molar-refractivity contribution < 1.29 is 8.81 Å². The van der Waals surface area contributed by atoms with Gasteiger partial charge in [0.05, 0.1) is 0 Å². The van der Waals surface area contributed by atoms with Gasteiger partial charge in [-0.05, 0) is 38.0 Å². The summed E-state index contributed by atoms with van der Waals surface area (Å²) >= 11 is 0. The summed E-state index contributed by atoms with van der Waals surface area (Å²) in [5.74, 6) is 0.436. The lowest BCUT2D eigenvalue weighted by atomic mass is 10.0. The lowest BCUT2D eigenvalue weighted by Crippen LogP contribution is -2.20. The van der Waals surface area contributed by atoms with E-state index < -0.39 is 5.67 Å². The van der Waals surface area contributed by atoms with E-state index in [1.165, 1.54) is 0 Å². The maximum Gasteiger partial charge on any atom is 0.169 e. The zero-order valence-electron chi connectivity index (χ0n) is 9.87. The second kappa shape index (κ2) is 3.57. The van der Waals surface area contributed by atoms with Gasteiger partial charge in [-0.3, -0.25) is 0 Å². The van der Waals surface area contributed by atoms with Crippen molar-refractivity contribution in [1.82, 2.24) is 0 Å². The van der Waals surface area contributed by atoms with Gasteiger partial charge in [0.25, 0.3) is 0 Å². The molecular formula is C14H16FNO. The quantitative estimate of drug-likeness (QED) is 0.819. The number of hydrogen-bond donors (Lipinski definition) is 1. The number of fused-ring (bicyclic) bond motifs is 1. The van der Waals surface area contributed by atoms with Gasteiger partial charge in [-0.2, -0.15) is 0 Å².